The average molecular weight is 290 g/mol. The van der Waals surface area contributed by atoms with Crippen molar-refractivity contribution in [1.82, 2.24) is 5.01 Å². The topological polar surface area (TPSA) is 32.7 Å². The molecule has 1 unspecified atom stereocenters. The molecule has 0 saturated carbocycles. The highest BCUT2D eigenvalue weighted by atomic mass is 32.1. The molecule has 3 heterocycles. The Morgan fingerprint density at radius 2 is 2.16 bits per heavy atom. The first-order chi connectivity index (χ1) is 9.29. The van der Waals surface area contributed by atoms with Gasteiger partial charge in [-0.3, -0.25) is 4.79 Å². The predicted octanol–water partition coefficient (Wildman–Crippen LogP) is 3.90. The molecule has 3 nitrogen and oxygen atoms in total. The normalized spacial score (nSPS) is 18.7. The Labute approximate surface area is 120 Å². The number of nitrogens with zero attached hydrogens (tertiary/aromatic N) is 2. The molecule has 0 radical (unpaired) electrons. The van der Waals surface area contributed by atoms with E-state index in [0.717, 1.165) is 17.0 Å². The van der Waals surface area contributed by atoms with Crippen LogP contribution in [0.3, 0.4) is 0 Å². The number of hydrazone groups is 1. The van der Waals surface area contributed by atoms with Gasteiger partial charge in [-0.05, 0) is 22.9 Å². The molecule has 0 fully saturated rings. The van der Waals surface area contributed by atoms with Crippen molar-refractivity contribution in [2.24, 2.45) is 5.10 Å². The molecule has 0 aromatic carbocycles. The number of amides is 1. The number of carbonyl (C=O) groups excluding carboxylic acids is 1. The zero-order valence-corrected chi connectivity index (χ0v) is 12.2. The van der Waals surface area contributed by atoms with Gasteiger partial charge in [0.25, 0.3) is 0 Å². The first-order valence-electron chi connectivity index (χ1n) is 6.26. The fraction of sp³-hybridized carbons (Fsp3) is 0.286. The number of thiophene rings is 2. The molecule has 5 heteroatoms. The van der Waals surface area contributed by atoms with Gasteiger partial charge in [-0.25, -0.2) is 5.01 Å². The molecular weight excluding hydrogens is 276 g/mol. The van der Waals surface area contributed by atoms with Crippen LogP contribution in [-0.4, -0.2) is 16.6 Å². The van der Waals surface area contributed by atoms with Crippen molar-refractivity contribution >= 4 is 34.3 Å². The lowest BCUT2D eigenvalue weighted by atomic mass is 10.1. The largest absolute Gasteiger partial charge is 0.273 e. The Hall–Kier alpha value is -1.46. The molecule has 2 aromatic heterocycles. The first-order valence-corrected chi connectivity index (χ1v) is 8.02. The van der Waals surface area contributed by atoms with E-state index < -0.39 is 0 Å². The van der Waals surface area contributed by atoms with E-state index in [1.54, 1.807) is 27.7 Å². The van der Waals surface area contributed by atoms with Gasteiger partial charge in [-0.2, -0.15) is 5.10 Å². The minimum Gasteiger partial charge on any atom is -0.273 e. The summed E-state index contributed by atoms with van der Waals surface area (Å²) >= 11 is 3.36. The Balaban J connectivity index is 1.93. The summed E-state index contributed by atoms with van der Waals surface area (Å²) in [6.07, 6.45) is 1.30. The second-order valence-electron chi connectivity index (χ2n) is 4.35. The number of carbonyl (C=O) groups is 1. The van der Waals surface area contributed by atoms with Crippen molar-refractivity contribution < 1.29 is 4.79 Å². The van der Waals surface area contributed by atoms with E-state index in [4.69, 9.17) is 0 Å². The van der Waals surface area contributed by atoms with Gasteiger partial charge in [0.15, 0.2) is 0 Å². The molecule has 1 amide bonds. The van der Waals surface area contributed by atoms with Crippen molar-refractivity contribution in [2.45, 2.75) is 25.8 Å². The monoisotopic (exact) mass is 290 g/mol. The third-order valence-corrected chi connectivity index (χ3v) is 5.04. The maximum atomic E-state index is 12.1. The van der Waals surface area contributed by atoms with Crippen LogP contribution in [0.1, 0.15) is 35.6 Å². The summed E-state index contributed by atoms with van der Waals surface area (Å²) in [7, 11) is 0. The summed E-state index contributed by atoms with van der Waals surface area (Å²) in [5.41, 5.74) is 1.02. The third kappa shape index (κ3) is 2.35. The molecule has 0 aliphatic carbocycles. The number of hydrogen-bond acceptors (Lipinski definition) is 4. The van der Waals surface area contributed by atoms with Crippen molar-refractivity contribution in [3.05, 3.63) is 44.8 Å². The lowest BCUT2D eigenvalue weighted by molar-refractivity contribution is -0.132. The highest BCUT2D eigenvalue weighted by Crippen LogP contribution is 2.36. The van der Waals surface area contributed by atoms with Crippen molar-refractivity contribution in [2.75, 3.05) is 0 Å². The van der Waals surface area contributed by atoms with Gasteiger partial charge < -0.3 is 0 Å². The molecule has 0 saturated heterocycles. The smallest absolute Gasteiger partial charge is 0.243 e. The van der Waals surface area contributed by atoms with Crippen LogP contribution < -0.4 is 0 Å². The van der Waals surface area contributed by atoms with Crippen LogP contribution in [-0.2, 0) is 4.79 Å². The third-order valence-electron chi connectivity index (χ3n) is 3.15. The quantitative estimate of drug-likeness (QED) is 0.844. The Morgan fingerprint density at radius 3 is 2.79 bits per heavy atom. The second-order valence-corrected chi connectivity index (χ2v) is 6.28. The summed E-state index contributed by atoms with van der Waals surface area (Å²) in [6, 6.07) is 8.27. The van der Waals surface area contributed by atoms with E-state index in [1.807, 2.05) is 29.8 Å². The van der Waals surface area contributed by atoms with Crippen molar-refractivity contribution in [1.29, 1.82) is 0 Å². The molecule has 3 rings (SSSR count). The van der Waals surface area contributed by atoms with Gasteiger partial charge in [0.1, 0.15) is 0 Å². The zero-order valence-electron chi connectivity index (χ0n) is 10.6. The van der Waals surface area contributed by atoms with E-state index >= 15 is 0 Å². The molecule has 98 valence electrons. The predicted molar refractivity (Wildman–Crippen MR) is 79.7 cm³/mol. The van der Waals surface area contributed by atoms with Crippen molar-refractivity contribution in [3.63, 3.8) is 0 Å². The Morgan fingerprint density at radius 1 is 1.37 bits per heavy atom. The highest BCUT2D eigenvalue weighted by molar-refractivity contribution is 7.12. The molecule has 0 spiro atoms. The molecular formula is C14H14N2OS2. The van der Waals surface area contributed by atoms with Crippen LogP contribution in [0.15, 0.2) is 40.1 Å². The van der Waals surface area contributed by atoms with E-state index in [2.05, 4.69) is 17.2 Å². The Bertz CT molecular complexity index is 587. The van der Waals surface area contributed by atoms with Crippen LogP contribution in [0.25, 0.3) is 0 Å². The lowest BCUT2D eigenvalue weighted by Crippen LogP contribution is -2.25. The molecule has 0 bridgehead atoms. The summed E-state index contributed by atoms with van der Waals surface area (Å²) in [6.45, 7) is 1.88. The van der Waals surface area contributed by atoms with Gasteiger partial charge in [0, 0.05) is 17.7 Å². The van der Waals surface area contributed by atoms with Gasteiger partial charge in [-0.15, -0.1) is 22.7 Å². The van der Waals surface area contributed by atoms with Gasteiger partial charge >= 0.3 is 0 Å². The van der Waals surface area contributed by atoms with Crippen LogP contribution in [0.5, 0.6) is 0 Å². The van der Waals surface area contributed by atoms with Crippen LogP contribution in [0.2, 0.25) is 0 Å². The fourth-order valence-corrected chi connectivity index (χ4v) is 3.73. The maximum Gasteiger partial charge on any atom is 0.243 e. The van der Waals surface area contributed by atoms with Gasteiger partial charge in [0.2, 0.25) is 5.91 Å². The van der Waals surface area contributed by atoms with E-state index in [0.29, 0.717) is 6.42 Å². The van der Waals surface area contributed by atoms with Crippen LogP contribution >= 0.6 is 22.7 Å². The van der Waals surface area contributed by atoms with Gasteiger partial charge in [0.05, 0.1) is 16.6 Å². The number of hydrogen-bond donors (Lipinski definition) is 0. The van der Waals surface area contributed by atoms with Crippen LogP contribution in [0.4, 0.5) is 0 Å². The average Bonchev–Trinajstić information content (AvgIpc) is 3.14. The van der Waals surface area contributed by atoms with E-state index in [9.17, 15) is 4.79 Å². The van der Waals surface area contributed by atoms with E-state index in [1.165, 1.54) is 4.88 Å². The SMILES string of the molecule is CCC(=O)N1N=C(c2cccs2)CC1c1cccs1. The zero-order chi connectivity index (χ0) is 13.2. The number of rotatable bonds is 3. The fourth-order valence-electron chi connectivity index (χ4n) is 2.20. The highest BCUT2D eigenvalue weighted by Gasteiger charge is 2.33. The standard InChI is InChI=1S/C14H14N2OS2/c1-2-14(17)16-11(13-6-4-8-19-13)9-10(15-16)12-5-3-7-18-12/h3-8,11H,2,9H2,1H3. The molecule has 1 atom stereocenters. The minimum absolute atomic E-state index is 0.0737. The Kier molecular flexibility index (Phi) is 3.48. The molecule has 2 aromatic rings. The first kappa shape index (κ1) is 12.6. The second kappa shape index (κ2) is 5.27. The summed E-state index contributed by atoms with van der Waals surface area (Å²) in [5, 5.41) is 10.3. The maximum absolute atomic E-state index is 12.1. The summed E-state index contributed by atoms with van der Waals surface area (Å²) in [5.74, 6) is 0.0879. The van der Waals surface area contributed by atoms with Crippen LogP contribution in [0, 0.1) is 0 Å². The van der Waals surface area contributed by atoms with Crippen molar-refractivity contribution in [3.8, 4) is 0 Å². The summed E-state index contributed by atoms with van der Waals surface area (Å²) in [4.78, 5) is 14.4. The minimum atomic E-state index is 0.0737. The molecule has 19 heavy (non-hydrogen) atoms. The summed E-state index contributed by atoms with van der Waals surface area (Å²) < 4.78 is 0. The molecule has 0 N–H and O–H groups in total. The van der Waals surface area contributed by atoms with Gasteiger partial charge in [-0.1, -0.05) is 19.1 Å². The van der Waals surface area contributed by atoms with E-state index in [-0.39, 0.29) is 11.9 Å². The molecule has 1 aliphatic rings. The lowest BCUT2D eigenvalue weighted by Gasteiger charge is -2.19. The molecule has 1 aliphatic heterocycles.